The molecule has 0 heterocycles. The standard InChI is InChI=1S/C13H26.C5H12O/c1-4-7-13-10-11(5-2)8-9-12(13)6-3;1-2-3-4-5-6/h11-13H,4-10H2,1-3H3;6H,2-5H2,1H3. The first-order valence-corrected chi connectivity index (χ1v) is 8.84. The first-order valence-electron chi connectivity index (χ1n) is 8.84. The normalized spacial score (nSPS) is 26.7. The Labute approximate surface area is 122 Å². The van der Waals surface area contributed by atoms with Crippen LogP contribution in [0.2, 0.25) is 0 Å². The molecule has 0 aliphatic heterocycles. The molecule has 1 nitrogen and oxygen atoms in total. The Bertz CT molecular complexity index is 175. The predicted octanol–water partition coefficient (Wildman–Crippen LogP) is 5.81. The van der Waals surface area contributed by atoms with E-state index in [0.717, 1.165) is 30.6 Å². The summed E-state index contributed by atoms with van der Waals surface area (Å²) in [7, 11) is 0. The third kappa shape index (κ3) is 8.68. The first kappa shape index (κ1) is 19.0. The second-order valence-electron chi connectivity index (χ2n) is 6.24. The number of aliphatic hydroxyl groups excluding tert-OH is 1. The maximum Gasteiger partial charge on any atom is 0.0431 e. The van der Waals surface area contributed by atoms with E-state index in [1.54, 1.807) is 0 Å². The van der Waals surface area contributed by atoms with Crippen molar-refractivity contribution in [2.45, 2.75) is 91.9 Å². The van der Waals surface area contributed by atoms with Gasteiger partial charge in [0.05, 0.1) is 0 Å². The molecule has 1 saturated carbocycles. The van der Waals surface area contributed by atoms with Crippen LogP contribution in [0.4, 0.5) is 0 Å². The second kappa shape index (κ2) is 13.0. The minimum Gasteiger partial charge on any atom is -0.396 e. The Morgan fingerprint density at radius 1 is 0.842 bits per heavy atom. The molecule has 19 heavy (non-hydrogen) atoms. The van der Waals surface area contributed by atoms with Crippen molar-refractivity contribution in [2.24, 2.45) is 17.8 Å². The van der Waals surface area contributed by atoms with Crippen LogP contribution in [-0.4, -0.2) is 11.7 Å². The number of hydrogen-bond acceptors (Lipinski definition) is 1. The van der Waals surface area contributed by atoms with Crippen molar-refractivity contribution >= 4 is 0 Å². The van der Waals surface area contributed by atoms with E-state index >= 15 is 0 Å². The van der Waals surface area contributed by atoms with Gasteiger partial charge in [-0.05, 0) is 37.0 Å². The summed E-state index contributed by atoms with van der Waals surface area (Å²) in [6, 6.07) is 0. The molecule has 3 unspecified atom stereocenters. The average molecular weight is 271 g/mol. The van der Waals surface area contributed by atoms with Gasteiger partial charge < -0.3 is 5.11 Å². The highest BCUT2D eigenvalue weighted by Gasteiger charge is 2.27. The number of hydrogen-bond donors (Lipinski definition) is 1. The van der Waals surface area contributed by atoms with Gasteiger partial charge in [-0.2, -0.15) is 0 Å². The maximum absolute atomic E-state index is 8.20. The number of rotatable bonds is 7. The van der Waals surface area contributed by atoms with Crippen molar-refractivity contribution in [1.82, 2.24) is 0 Å². The van der Waals surface area contributed by atoms with E-state index in [-0.39, 0.29) is 0 Å². The van der Waals surface area contributed by atoms with Crippen LogP contribution in [0.1, 0.15) is 91.9 Å². The van der Waals surface area contributed by atoms with Crippen molar-refractivity contribution in [2.75, 3.05) is 6.61 Å². The molecule has 0 saturated heterocycles. The van der Waals surface area contributed by atoms with Crippen molar-refractivity contribution in [1.29, 1.82) is 0 Å². The third-order valence-corrected chi connectivity index (χ3v) is 4.77. The van der Waals surface area contributed by atoms with Crippen molar-refractivity contribution < 1.29 is 5.11 Å². The van der Waals surface area contributed by atoms with Crippen molar-refractivity contribution in [3.05, 3.63) is 0 Å². The lowest BCUT2D eigenvalue weighted by molar-refractivity contribution is 0.161. The molecule has 1 aliphatic rings. The Morgan fingerprint density at radius 3 is 2.00 bits per heavy atom. The van der Waals surface area contributed by atoms with Crippen molar-refractivity contribution in [3.8, 4) is 0 Å². The maximum atomic E-state index is 8.20. The lowest BCUT2D eigenvalue weighted by Crippen LogP contribution is -2.24. The molecule has 0 radical (unpaired) electrons. The van der Waals surface area contributed by atoms with Crippen LogP contribution in [0.25, 0.3) is 0 Å². The van der Waals surface area contributed by atoms with Crippen LogP contribution in [0.5, 0.6) is 0 Å². The molecule has 116 valence electrons. The third-order valence-electron chi connectivity index (χ3n) is 4.77. The summed E-state index contributed by atoms with van der Waals surface area (Å²) < 4.78 is 0. The van der Waals surface area contributed by atoms with E-state index in [1.807, 2.05) is 0 Å². The fraction of sp³-hybridized carbons (Fsp3) is 1.00. The molecule has 1 N–H and O–H groups in total. The number of aliphatic hydroxyl groups is 1. The zero-order valence-corrected chi connectivity index (χ0v) is 14.0. The summed E-state index contributed by atoms with van der Waals surface area (Å²) in [6.45, 7) is 9.55. The van der Waals surface area contributed by atoms with Crippen LogP contribution in [-0.2, 0) is 0 Å². The topological polar surface area (TPSA) is 20.2 Å². The fourth-order valence-corrected chi connectivity index (χ4v) is 3.42. The van der Waals surface area contributed by atoms with Gasteiger partial charge in [0, 0.05) is 6.61 Å². The van der Waals surface area contributed by atoms with Gasteiger partial charge >= 0.3 is 0 Å². The largest absolute Gasteiger partial charge is 0.396 e. The monoisotopic (exact) mass is 270 g/mol. The molecule has 1 rings (SSSR count). The smallest absolute Gasteiger partial charge is 0.0431 e. The van der Waals surface area contributed by atoms with Gasteiger partial charge in [0.15, 0.2) is 0 Å². The van der Waals surface area contributed by atoms with Gasteiger partial charge in [-0.15, -0.1) is 0 Å². The molecule has 1 heteroatoms. The van der Waals surface area contributed by atoms with Gasteiger partial charge in [-0.25, -0.2) is 0 Å². The summed E-state index contributed by atoms with van der Waals surface area (Å²) in [4.78, 5) is 0. The Morgan fingerprint density at radius 2 is 1.58 bits per heavy atom. The first-order chi connectivity index (χ1) is 9.23. The van der Waals surface area contributed by atoms with Crippen molar-refractivity contribution in [3.63, 3.8) is 0 Å². The molecule has 0 aromatic rings. The lowest BCUT2D eigenvalue weighted by Gasteiger charge is -2.35. The van der Waals surface area contributed by atoms with E-state index in [1.165, 1.54) is 51.4 Å². The molecule has 3 atom stereocenters. The van der Waals surface area contributed by atoms with Crippen LogP contribution in [0, 0.1) is 17.8 Å². The lowest BCUT2D eigenvalue weighted by atomic mass is 9.71. The fourth-order valence-electron chi connectivity index (χ4n) is 3.42. The van der Waals surface area contributed by atoms with Gasteiger partial charge in [-0.1, -0.05) is 72.6 Å². The number of unbranched alkanes of at least 4 members (excludes halogenated alkanes) is 2. The van der Waals surface area contributed by atoms with Crippen LogP contribution >= 0.6 is 0 Å². The zero-order chi connectivity index (χ0) is 14.5. The van der Waals surface area contributed by atoms with Crippen LogP contribution < -0.4 is 0 Å². The molecule has 0 aromatic carbocycles. The SMILES string of the molecule is CCCC1CC(CC)CCC1CC.CCCCCO. The predicted molar refractivity (Wildman–Crippen MR) is 86.4 cm³/mol. The van der Waals surface area contributed by atoms with Gasteiger partial charge in [0.2, 0.25) is 0 Å². The van der Waals surface area contributed by atoms with E-state index < -0.39 is 0 Å². The van der Waals surface area contributed by atoms with Gasteiger partial charge in [0.1, 0.15) is 0 Å². The highest BCUT2D eigenvalue weighted by atomic mass is 16.2. The highest BCUT2D eigenvalue weighted by molar-refractivity contribution is 4.78. The Balaban J connectivity index is 0.000000459. The molecule has 0 spiro atoms. The molecule has 1 fully saturated rings. The minimum absolute atomic E-state index is 0.355. The van der Waals surface area contributed by atoms with Crippen LogP contribution in [0.15, 0.2) is 0 Å². The molecular formula is C18H38O. The summed E-state index contributed by atoms with van der Waals surface area (Å²) in [5.74, 6) is 3.18. The van der Waals surface area contributed by atoms with Gasteiger partial charge in [0.25, 0.3) is 0 Å². The molecular weight excluding hydrogens is 232 g/mol. The minimum atomic E-state index is 0.355. The summed E-state index contributed by atoms with van der Waals surface area (Å²) in [5.41, 5.74) is 0. The average Bonchev–Trinajstić information content (AvgIpc) is 2.46. The summed E-state index contributed by atoms with van der Waals surface area (Å²) >= 11 is 0. The van der Waals surface area contributed by atoms with E-state index in [4.69, 9.17) is 5.11 Å². The molecule has 1 aliphatic carbocycles. The summed E-state index contributed by atoms with van der Waals surface area (Å²) in [6.07, 6.45) is 13.6. The highest BCUT2D eigenvalue weighted by Crippen LogP contribution is 2.39. The Kier molecular flexibility index (Phi) is 12.9. The second-order valence-corrected chi connectivity index (χ2v) is 6.24. The van der Waals surface area contributed by atoms with E-state index in [9.17, 15) is 0 Å². The van der Waals surface area contributed by atoms with Crippen LogP contribution in [0.3, 0.4) is 0 Å². The molecule has 0 aromatic heterocycles. The molecule has 0 bridgehead atoms. The van der Waals surface area contributed by atoms with Gasteiger partial charge in [-0.3, -0.25) is 0 Å². The van der Waals surface area contributed by atoms with E-state index in [0.29, 0.717) is 6.61 Å². The molecule has 0 amide bonds. The quantitative estimate of drug-likeness (QED) is 0.579. The zero-order valence-electron chi connectivity index (χ0n) is 14.0. The summed E-state index contributed by atoms with van der Waals surface area (Å²) in [5, 5.41) is 8.20. The Hall–Kier alpha value is -0.0400. The van der Waals surface area contributed by atoms with E-state index in [2.05, 4.69) is 27.7 Å².